The largest absolute Gasteiger partial charge is 0.462 e. The fourth-order valence-electron chi connectivity index (χ4n) is 4.53. The number of pyridine rings is 1. The minimum Gasteiger partial charge on any atom is -0.462 e. The third-order valence-corrected chi connectivity index (χ3v) is 6.38. The van der Waals surface area contributed by atoms with Crippen molar-refractivity contribution in [3.8, 4) is 0 Å². The summed E-state index contributed by atoms with van der Waals surface area (Å²) < 4.78 is 12.3. The number of nitrogens with zero attached hydrogens (tertiary/aromatic N) is 3. The van der Waals surface area contributed by atoms with E-state index in [4.69, 9.17) is 9.15 Å². The molecule has 1 aliphatic carbocycles. The number of ether oxygens (including phenoxy) is 1. The molecule has 33 heavy (non-hydrogen) atoms. The Bertz CT molecular complexity index is 1230. The Balaban J connectivity index is 1.54. The molecule has 0 spiro atoms. The highest BCUT2D eigenvalue weighted by Gasteiger charge is 2.32. The number of aromatic nitrogens is 1. The number of piperazine rings is 1. The summed E-state index contributed by atoms with van der Waals surface area (Å²) >= 11 is 0. The Labute approximate surface area is 191 Å². The van der Waals surface area contributed by atoms with E-state index in [1.54, 1.807) is 28.5 Å². The van der Waals surface area contributed by atoms with Gasteiger partial charge < -0.3 is 23.5 Å². The molecule has 5 rings (SSSR count). The molecule has 1 amide bonds. The second-order valence-electron chi connectivity index (χ2n) is 8.58. The van der Waals surface area contributed by atoms with Gasteiger partial charge in [-0.25, -0.2) is 4.79 Å². The number of benzene rings is 1. The van der Waals surface area contributed by atoms with E-state index in [9.17, 15) is 14.4 Å². The molecule has 8 nitrogen and oxygen atoms in total. The van der Waals surface area contributed by atoms with Crippen molar-refractivity contribution in [1.82, 2.24) is 9.47 Å². The molecule has 0 atom stereocenters. The average Bonchev–Trinajstić information content (AvgIpc) is 3.49. The van der Waals surface area contributed by atoms with Gasteiger partial charge in [-0.1, -0.05) is 18.2 Å². The third-order valence-electron chi connectivity index (χ3n) is 6.38. The van der Waals surface area contributed by atoms with E-state index >= 15 is 0 Å². The van der Waals surface area contributed by atoms with Gasteiger partial charge in [0.2, 0.25) is 0 Å². The number of anilines is 1. The number of fused-ring (bicyclic) bond motifs is 1. The second-order valence-corrected chi connectivity index (χ2v) is 8.58. The lowest BCUT2D eigenvalue weighted by Crippen LogP contribution is -2.49. The van der Waals surface area contributed by atoms with Crippen LogP contribution in [-0.2, 0) is 11.3 Å². The minimum absolute atomic E-state index is 0.0852. The molecule has 0 radical (unpaired) electrons. The summed E-state index contributed by atoms with van der Waals surface area (Å²) in [6, 6.07) is 11.1. The van der Waals surface area contributed by atoms with Crippen molar-refractivity contribution in [2.75, 3.05) is 37.7 Å². The van der Waals surface area contributed by atoms with Crippen molar-refractivity contribution in [1.29, 1.82) is 0 Å². The van der Waals surface area contributed by atoms with Gasteiger partial charge in [0, 0.05) is 38.1 Å². The number of esters is 1. The highest BCUT2D eigenvalue weighted by Crippen LogP contribution is 2.34. The molecule has 3 heterocycles. The van der Waals surface area contributed by atoms with E-state index in [0.717, 1.165) is 23.7 Å². The standard InChI is InChI=1S/C25H27N3O5/c1-2-32-25(31)21-22(26-11-13-27(14-12-26)23(29)20-8-5-15-33-20)18-6-3-4-7-19(18)28(24(21)30)16-17-9-10-17/h3-8,15,17H,2,9-14,16H2,1H3. The van der Waals surface area contributed by atoms with Crippen LogP contribution in [0.1, 0.15) is 40.7 Å². The summed E-state index contributed by atoms with van der Waals surface area (Å²) in [5, 5.41) is 0.853. The Morgan fingerprint density at radius 1 is 1.06 bits per heavy atom. The Morgan fingerprint density at radius 2 is 1.82 bits per heavy atom. The normalized spacial score (nSPS) is 16.3. The van der Waals surface area contributed by atoms with Crippen LogP contribution < -0.4 is 10.5 Å². The minimum atomic E-state index is -0.595. The van der Waals surface area contributed by atoms with Gasteiger partial charge in [0.1, 0.15) is 5.56 Å². The van der Waals surface area contributed by atoms with E-state index < -0.39 is 5.97 Å². The van der Waals surface area contributed by atoms with Crippen molar-refractivity contribution in [2.45, 2.75) is 26.3 Å². The molecule has 8 heteroatoms. The molecule has 2 fully saturated rings. The van der Waals surface area contributed by atoms with Crippen molar-refractivity contribution in [2.24, 2.45) is 5.92 Å². The predicted molar refractivity (Wildman–Crippen MR) is 124 cm³/mol. The van der Waals surface area contributed by atoms with Crippen LogP contribution in [0.2, 0.25) is 0 Å². The molecule has 2 aromatic heterocycles. The second kappa shape index (κ2) is 8.77. The highest BCUT2D eigenvalue weighted by atomic mass is 16.5. The molecular formula is C25H27N3O5. The van der Waals surface area contributed by atoms with E-state index in [0.29, 0.717) is 50.1 Å². The van der Waals surface area contributed by atoms with Crippen LogP contribution in [0.25, 0.3) is 10.9 Å². The van der Waals surface area contributed by atoms with Gasteiger partial charge >= 0.3 is 5.97 Å². The molecule has 1 saturated carbocycles. The van der Waals surface area contributed by atoms with E-state index in [2.05, 4.69) is 0 Å². The number of rotatable bonds is 6. The van der Waals surface area contributed by atoms with Crippen molar-refractivity contribution < 1.29 is 18.7 Å². The van der Waals surface area contributed by atoms with Crippen molar-refractivity contribution >= 4 is 28.5 Å². The maximum absolute atomic E-state index is 13.6. The zero-order valence-electron chi connectivity index (χ0n) is 18.7. The molecule has 2 aliphatic rings. The van der Waals surface area contributed by atoms with E-state index in [-0.39, 0.29) is 23.6 Å². The number of furan rings is 1. The lowest BCUT2D eigenvalue weighted by Gasteiger charge is -2.37. The van der Waals surface area contributed by atoms with E-state index in [1.165, 1.54) is 6.26 Å². The topological polar surface area (TPSA) is 85.0 Å². The first kappa shape index (κ1) is 21.3. The van der Waals surface area contributed by atoms with Crippen LogP contribution in [-0.4, -0.2) is 54.1 Å². The smallest absolute Gasteiger partial charge is 0.345 e. The average molecular weight is 450 g/mol. The summed E-state index contributed by atoms with van der Waals surface area (Å²) in [7, 11) is 0. The van der Waals surface area contributed by atoms with Crippen LogP contribution in [0.3, 0.4) is 0 Å². The maximum atomic E-state index is 13.6. The molecule has 1 saturated heterocycles. The summed E-state index contributed by atoms with van der Waals surface area (Å²) in [5.74, 6) is 0.0313. The lowest BCUT2D eigenvalue weighted by molar-refractivity contribution is 0.0523. The number of carbonyl (C=O) groups is 2. The molecular weight excluding hydrogens is 422 g/mol. The molecule has 0 bridgehead atoms. The van der Waals surface area contributed by atoms with Gasteiger partial charge in [-0.2, -0.15) is 0 Å². The van der Waals surface area contributed by atoms with Gasteiger partial charge in [-0.05, 0) is 43.9 Å². The number of carbonyl (C=O) groups excluding carboxylic acids is 2. The lowest BCUT2D eigenvalue weighted by atomic mass is 10.1. The van der Waals surface area contributed by atoms with Gasteiger partial charge in [0.15, 0.2) is 5.76 Å². The Morgan fingerprint density at radius 3 is 2.48 bits per heavy atom. The maximum Gasteiger partial charge on any atom is 0.345 e. The summed E-state index contributed by atoms with van der Waals surface area (Å²) in [4.78, 5) is 43.1. The first-order valence-corrected chi connectivity index (χ1v) is 11.5. The quantitative estimate of drug-likeness (QED) is 0.538. The molecule has 0 N–H and O–H groups in total. The SMILES string of the molecule is CCOC(=O)c1c(N2CCN(C(=O)c3ccco3)CC2)c2ccccc2n(CC2CC2)c1=O. The predicted octanol–water partition coefficient (Wildman–Crippen LogP) is 3.14. The van der Waals surface area contributed by atoms with Crippen molar-refractivity contribution in [3.05, 3.63) is 64.3 Å². The summed E-state index contributed by atoms with van der Waals surface area (Å²) in [6.45, 7) is 4.45. The van der Waals surface area contributed by atoms with Crippen LogP contribution in [0.4, 0.5) is 5.69 Å². The zero-order chi connectivity index (χ0) is 22.9. The van der Waals surface area contributed by atoms with Crippen LogP contribution in [0, 0.1) is 5.92 Å². The van der Waals surface area contributed by atoms with Gasteiger partial charge in [-0.3, -0.25) is 9.59 Å². The third kappa shape index (κ3) is 4.01. The fourth-order valence-corrected chi connectivity index (χ4v) is 4.53. The zero-order valence-corrected chi connectivity index (χ0v) is 18.7. The fraction of sp³-hybridized carbons (Fsp3) is 0.400. The van der Waals surface area contributed by atoms with Crippen LogP contribution in [0.5, 0.6) is 0 Å². The number of hydrogen-bond donors (Lipinski definition) is 0. The molecule has 3 aromatic rings. The highest BCUT2D eigenvalue weighted by molar-refractivity contribution is 6.05. The van der Waals surface area contributed by atoms with Gasteiger partial charge in [-0.15, -0.1) is 0 Å². The van der Waals surface area contributed by atoms with E-state index in [1.807, 2.05) is 29.2 Å². The molecule has 0 unspecified atom stereocenters. The molecule has 1 aliphatic heterocycles. The number of para-hydroxylation sites is 1. The monoisotopic (exact) mass is 449 g/mol. The summed E-state index contributed by atoms with van der Waals surface area (Å²) in [6.07, 6.45) is 3.68. The Hall–Kier alpha value is -3.55. The van der Waals surface area contributed by atoms with Gasteiger partial charge in [0.05, 0.1) is 24.1 Å². The van der Waals surface area contributed by atoms with Crippen molar-refractivity contribution in [3.63, 3.8) is 0 Å². The van der Waals surface area contributed by atoms with Crippen LogP contribution >= 0.6 is 0 Å². The number of amides is 1. The first-order chi connectivity index (χ1) is 16.1. The summed E-state index contributed by atoms with van der Waals surface area (Å²) in [5.41, 5.74) is 1.21. The first-order valence-electron chi connectivity index (χ1n) is 11.5. The molecule has 172 valence electrons. The van der Waals surface area contributed by atoms with Gasteiger partial charge in [0.25, 0.3) is 11.5 Å². The Kier molecular flexibility index (Phi) is 5.66. The number of hydrogen-bond acceptors (Lipinski definition) is 6. The molecule has 1 aromatic carbocycles. The van der Waals surface area contributed by atoms with Crippen LogP contribution in [0.15, 0.2) is 51.9 Å².